The van der Waals surface area contributed by atoms with Gasteiger partial charge in [-0.15, -0.1) is 0 Å². The minimum absolute atomic E-state index is 0.113. The Labute approximate surface area is 202 Å². The lowest BCUT2D eigenvalue weighted by atomic mass is 10.2. The highest BCUT2D eigenvalue weighted by molar-refractivity contribution is 6.39. The van der Waals surface area contributed by atoms with Crippen LogP contribution in [-0.4, -0.2) is 30.5 Å². The maximum absolute atomic E-state index is 12.0. The number of halogens is 1. The van der Waals surface area contributed by atoms with Crippen LogP contribution in [-0.2, 0) is 20.9 Å². The van der Waals surface area contributed by atoms with Crippen LogP contribution in [0.25, 0.3) is 0 Å². The van der Waals surface area contributed by atoms with E-state index in [1.165, 1.54) is 6.21 Å². The Morgan fingerprint density at radius 1 is 0.971 bits per heavy atom. The van der Waals surface area contributed by atoms with Gasteiger partial charge in [0.25, 0.3) is 5.91 Å². The molecule has 3 aromatic rings. The predicted octanol–water partition coefficient (Wildman–Crippen LogP) is 3.43. The summed E-state index contributed by atoms with van der Waals surface area (Å²) in [6.45, 7) is 2.15. The van der Waals surface area contributed by atoms with E-state index < -0.39 is 11.8 Å². The highest BCUT2D eigenvalue weighted by Gasteiger charge is 2.13. The molecule has 8 nitrogen and oxygen atoms in total. The summed E-state index contributed by atoms with van der Waals surface area (Å²) >= 11 is 6.01. The lowest BCUT2D eigenvalue weighted by Gasteiger charge is -2.08. The molecule has 174 valence electrons. The standard InChI is InChI=1S/C25H23ClN4O4/c1-17-7-10-20(13-22(17)26)29-24(32)25(33)30-28-15-19-8-11-21(12-9-19)34-16-23(31)27-14-18-5-3-2-4-6-18/h2-13,15H,14,16H2,1H3,(H,27,31)(H,29,32)(H,30,33)/b28-15-. The number of carbonyl (C=O) groups is 3. The predicted molar refractivity (Wildman–Crippen MR) is 131 cm³/mol. The van der Waals surface area contributed by atoms with Crippen LogP contribution in [0.4, 0.5) is 5.69 Å². The Hall–Kier alpha value is -4.17. The van der Waals surface area contributed by atoms with E-state index in [0.717, 1.165) is 11.1 Å². The summed E-state index contributed by atoms with van der Waals surface area (Å²) in [7, 11) is 0. The van der Waals surface area contributed by atoms with Gasteiger partial charge in [0, 0.05) is 17.3 Å². The number of nitrogens with zero attached hydrogens (tertiary/aromatic N) is 1. The molecule has 0 aliphatic carbocycles. The Morgan fingerprint density at radius 2 is 1.71 bits per heavy atom. The third kappa shape index (κ3) is 7.75. The van der Waals surface area contributed by atoms with Gasteiger partial charge in [-0.1, -0.05) is 48.0 Å². The van der Waals surface area contributed by atoms with Gasteiger partial charge in [0.15, 0.2) is 6.61 Å². The molecule has 9 heteroatoms. The molecule has 0 aliphatic heterocycles. The summed E-state index contributed by atoms with van der Waals surface area (Å²) in [5.41, 5.74) is 5.09. The quantitative estimate of drug-likeness (QED) is 0.262. The minimum atomic E-state index is -0.922. The molecule has 3 aromatic carbocycles. The van der Waals surface area contributed by atoms with Crippen molar-refractivity contribution in [2.24, 2.45) is 5.10 Å². The van der Waals surface area contributed by atoms with Gasteiger partial charge in [-0.05, 0) is 60.0 Å². The molecule has 3 rings (SSSR count). The molecule has 0 heterocycles. The fourth-order valence-corrected chi connectivity index (χ4v) is 2.90. The zero-order chi connectivity index (χ0) is 24.3. The van der Waals surface area contributed by atoms with Crippen LogP contribution >= 0.6 is 11.6 Å². The first kappa shape index (κ1) is 24.5. The van der Waals surface area contributed by atoms with Gasteiger partial charge in [-0.25, -0.2) is 5.43 Å². The number of aryl methyl sites for hydroxylation is 1. The molecule has 3 N–H and O–H groups in total. The maximum Gasteiger partial charge on any atom is 0.329 e. The molecule has 3 amide bonds. The number of anilines is 1. The Morgan fingerprint density at radius 3 is 2.41 bits per heavy atom. The molecule has 34 heavy (non-hydrogen) atoms. The van der Waals surface area contributed by atoms with E-state index in [-0.39, 0.29) is 12.5 Å². The number of rotatable bonds is 8. The van der Waals surface area contributed by atoms with Gasteiger partial charge >= 0.3 is 11.8 Å². The summed E-state index contributed by atoms with van der Waals surface area (Å²) in [5.74, 6) is -1.52. The Balaban J connectivity index is 1.40. The van der Waals surface area contributed by atoms with Gasteiger partial charge in [0.1, 0.15) is 5.75 Å². The van der Waals surface area contributed by atoms with Crippen molar-refractivity contribution in [3.8, 4) is 5.75 Å². The molecule has 0 aromatic heterocycles. The molecule has 0 unspecified atom stereocenters. The van der Waals surface area contributed by atoms with Crippen LogP contribution < -0.4 is 20.8 Å². The van der Waals surface area contributed by atoms with Crippen LogP contribution in [0.3, 0.4) is 0 Å². The van der Waals surface area contributed by atoms with Gasteiger partial charge in [0.2, 0.25) is 0 Å². The highest BCUT2D eigenvalue weighted by atomic mass is 35.5. The second-order valence-electron chi connectivity index (χ2n) is 7.24. The maximum atomic E-state index is 12.0. The first-order valence-electron chi connectivity index (χ1n) is 10.3. The van der Waals surface area contributed by atoms with Crippen molar-refractivity contribution < 1.29 is 19.1 Å². The fourth-order valence-electron chi connectivity index (χ4n) is 2.72. The first-order chi connectivity index (χ1) is 16.4. The summed E-state index contributed by atoms with van der Waals surface area (Å²) < 4.78 is 5.47. The van der Waals surface area contributed by atoms with Crippen molar-refractivity contribution in [3.63, 3.8) is 0 Å². The third-order valence-corrected chi connectivity index (χ3v) is 5.01. The smallest absolute Gasteiger partial charge is 0.329 e. The third-order valence-electron chi connectivity index (χ3n) is 4.60. The van der Waals surface area contributed by atoms with E-state index in [1.807, 2.05) is 37.3 Å². The summed E-state index contributed by atoms with van der Waals surface area (Å²) in [6, 6.07) is 21.2. The molecule has 0 radical (unpaired) electrons. The number of nitrogens with one attached hydrogen (secondary N) is 3. The molecule has 0 saturated carbocycles. The number of hydrazone groups is 1. The van der Waals surface area contributed by atoms with Gasteiger partial charge in [0.05, 0.1) is 6.21 Å². The number of ether oxygens (including phenoxy) is 1. The molecule has 0 bridgehead atoms. The van der Waals surface area contributed by atoms with Gasteiger partial charge < -0.3 is 15.4 Å². The normalized spacial score (nSPS) is 10.5. The number of benzene rings is 3. The lowest BCUT2D eigenvalue weighted by Crippen LogP contribution is -2.32. The average Bonchev–Trinajstić information content (AvgIpc) is 2.85. The molecular formula is C25H23ClN4O4. The van der Waals surface area contributed by atoms with Crippen molar-refractivity contribution in [3.05, 3.63) is 94.5 Å². The average molecular weight is 479 g/mol. The van der Waals surface area contributed by atoms with E-state index >= 15 is 0 Å². The summed E-state index contributed by atoms with van der Waals surface area (Å²) in [6.07, 6.45) is 1.38. The van der Waals surface area contributed by atoms with Crippen molar-refractivity contribution >= 4 is 41.2 Å². The number of amides is 3. The van der Waals surface area contributed by atoms with Crippen molar-refractivity contribution in [2.45, 2.75) is 13.5 Å². The molecule has 0 saturated heterocycles. The number of carbonyl (C=O) groups excluding carboxylic acids is 3. The molecule has 0 spiro atoms. The van der Waals surface area contributed by atoms with E-state index in [2.05, 4.69) is 21.2 Å². The Kier molecular flexibility index (Phi) is 8.76. The zero-order valence-corrected chi connectivity index (χ0v) is 19.1. The molecule has 0 aliphatic rings. The Bertz CT molecular complexity index is 1180. The van der Waals surface area contributed by atoms with Crippen LogP contribution in [0.2, 0.25) is 5.02 Å². The van der Waals surface area contributed by atoms with Crippen LogP contribution in [0, 0.1) is 6.92 Å². The van der Waals surface area contributed by atoms with E-state index in [9.17, 15) is 14.4 Å². The van der Waals surface area contributed by atoms with Crippen molar-refractivity contribution in [1.29, 1.82) is 0 Å². The highest BCUT2D eigenvalue weighted by Crippen LogP contribution is 2.19. The van der Waals surface area contributed by atoms with E-state index in [4.69, 9.17) is 16.3 Å². The second-order valence-corrected chi connectivity index (χ2v) is 7.64. The first-order valence-corrected chi connectivity index (χ1v) is 10.7. The largest absolute Gasteiger partial charge is 0.484 e. The van der Waals surface area contributed by atoms with E-state index in [0.29, 0.717) is 28.6 Å². The van der Waals surface area contributed by atoms with Crippen LogP contribution in [0.1, 0.15) is 16.7 Å². The van der Waals surface area contributed by atoms with Gasteiger partial charge in [-0.2, -0.15) is 5.10 Å². The number of hydrogen-bond donors (Lipinski definition) is 3. The summed E-state index contributed by atoms with van der Waals surface area (Å²) in [5, 5.41) is 9.49. The van der Waals surface area contributed by atoms with Crippen LogP contribution in [0.5, 0.6) is 5.75 Å². The van der Waals surface area contributed by atoms with Crippen LogP contribution in [0.15, 0.2) is 77.9 Å². The fraction of sp³-hybridized carbons (Fsp3) is 0.120. The molecule has 0 fully saturated rings. The number of hydrogen-bond acceptors (Lipinski definition) is 5. The van der Waals surface area contributed by atoms with Gasteiger partial charge in [-0.3, -0.25) is 14.4 Å². The lowest BCUT2D eigenvalue weighted by molar-refractivity contribution is -0.136. The summed E-state index contributed by atoms with van der Waals surface area (Å²) in [4.78, 5) is 35.8. The molecule has 0 atom stereocenters. The zero-order valence-electron chi connectivity index (χ0n) is 18.4. The van der Waals surface area contributed by atoms with Crippen molar-refractivity contribution in [1.82, 2.24) is 10.7 Å². The monoisotopic (exact) mass is 478 g/mol. The minimum Gasteiger partial charge on any atom is -0.484 e. The molecular weight excluding hydrogens is 456 g/mol. The SMILES string of the molecule is Cc1ccc(NC(=O)C(=O)N/N=C\c2ccc(OCC(=O)NCc3ccccc3)cc2)cc1Cl. The van der Waals surface area contributed by atoms with E-state index in [1.54, 1.807) is 42.5 Å². The second kappa shape index (κ2) is 12.2. The topological polar surface area (TPSA) is 109 Å². The van der Waals surface area contributed by atoms with Crippen molar-refractivity contribution in [2.75, 3.05) is 11.9 Å².